The Hall–Kier alpha value is -1.36. The van der Waals surface area contributed by atoms with Crippen molar-refractivity contribution >= 4 is 11.9 Å². The number of likely N-dealkylation sites (tertiary alicyclic amines) is 1. The normalized spacial score (nSPS) is 16.6. The Labute approximate surface area is 95.0 Å². The van der Waals surface area contributed by atoms with E-state index in [0.717, 1.165) is 31.8 Å². The van der Waals surface area contributed by atoms with Gasteiger partial charge < -0.3 is 9.47 Å². The van der Waals surface area contributed by atoms with Crippen LogP contribution in [-0.4, -0.2) is 50.2 Å². The number of rotatable bonds is 5. The van der Waals surface area contributed by atoms with E-state index in [1.807, 2.05) is 0 Å². The molecule has 0 N–H and O–H groups in total. The van der Waals surface area contributed by atoms with Crippen molar-refractivity contribution in [3.05, 3.63) is 12.2 Å². The van der Waals surface area contributed by atoms with Gasteiger partial charge in [-0.1, -0.05) is 0 Å². The summed E-state index contributed by atoms with van der Waals surface area (Å²) in [5.74, 6) is -1.07. The zero-order valence-electron chi connectivity index (χ0n) is 9.48. The molecule has 0 amide bonds. The predicted octanol–water partition coefficient (Wildman–Crippen LogP) is 0.355. The van der Waals surface area contributed by atoms with Crippen molar-refractivity contribution in [2.75, 3.05) is 33.4 Å². The molecule has 0 aromatic rings. The van der Waals surface area contributed by atoms with Gasteiger partial charge in [0.15, 0.2) is 0 Å². The zero-order chi connectivity index (χ0) is 11.8. The quantitative estimate of drug-likeness (QED) is 0.501. The molecular weight excluding hydrogens is 210 g/mol. The van der Waals surface area contributed by atoms with Crippen LogP contribution < -0.4 is 0 Å². The molecule has 0 spiro atoms. The molecule has 0 unspecified atom stereocenters. The van der Waals surface area contributed by atoms with Crippen LogP contribution in [0.5, 0.6) is 0 Å². The lowest BCUT2D eigenvalue weighted by Crippen LogP contribution is -2.24. The molecule has 0 saturated carbocycles. The molecule has 1 aliphatic rings. The maximum Gasteiger partial charge on any atom is 0.331 e. The summed E-state index contributed by atoms with van der Waals surface area (Å²) in [6.07, 6.45) is 4.57. The Morgan fingerprint density at radius 3 is 2.44 bits per heavy atom. The first-order valence-electron chi connectivity index (χ1n) is 5.37. The standard InChI is InChI=1S/C11H17NO4/c1-15-10(13)4-5-11(14)16-9-8-12-6-2-3-7-12/h4-5H,2-3,6-9H2,1H3/b5-4+. The minimum absolute atomic E-state index is 0.365. The van der Waals surface area contributed by atoms with Crippen molar-refractivity contribution < 1.29 is 19.1 Å². The number of hydrogen-bond acceptors (Lipinski definition) is 5. The number of carbonyl (C=O) groups is 2. The molecular formula is C11H17NO4. The second-order valence-electron chi connectivity index (χ2n) is 3.57. The van der Waals surface area contributed by atoms with Crippen LogP contribution in [0.4, 0.5) is 0 Å². The van der Waals surface area contributed by atoms with Gasteiger partial charge in [-0.3, -0.25) is 4.90 Å². The van der Waals surface area contributed by atoms with E-state index >= 15 is 0 Å². The zero-order valence-corrected chi connectivity index (χ0v) is 9.48. The summed E-state index contributed by atoms with van der Waals surface area (Å²) in [5.41, 5.74) is 0. The monoisotopic (exact) mass is 227 g/mol. The lowest BCUT2D eigenvalue weighted by atomic mass is 10.4. The van der Waals surface area contributed by atoms with Crippen LogP contribution in [0.1, 0.15) is 12.8 Å². The third-order valence-corrected chi connectivity index (χ3v) is 2.41. The maximum absolute atomic E-state index is 11.1. The summed E-state index contributed by atoms with van der Waals surface area (Å²) in [5, 5.41) is 0. The first kappa shape index (κ1) is 12.7. The Bertz CT molecular complexity index is 269. The predicted molar refractivity (Wildman–Crippen MR) is 57.8 cm³/mol. The van der Waals surface area contributed by atoms with Crippen LogP contribution in [0.3, 0.4) is 0 Å². The molecule has 1 rings (SSSR count). The third kappa shape index (κ3) is 4.93. The van der Waals surface area contributed by atoms with Crippen LogP contribution >= 0.6 is 0 Å². The van der Waals surface area contributed by atoms with Gasteiger partial charge in [-0.25, -0.2) is 9.59 Å². The van der Waals surface area contributed by atoms with Crippen LogP contribution in [0.15, 0.2) is 12.2 Å². The second-order valence-corrected chi connectivity index (χ2v) is 3.57. The first-order valence-corrected chi connectivity index (χ1v) is 5.37. The van der Waals surface area contributed by atoms with Crippen molar-refractivity contribution in [3.63, 3.8) is 0 Å². The fraction of sp³-hybridized carbons (Fsp3) is 0.636. The van der Waals surface area contributed by atoms with E-state index < -0.39 is 11.9 Å². The van der Waals surface area contributed by atoms with Gasteiger partial charge >= 0.3 is 11.9 Å². The van der Waals surface area contributed by atoms with Crippen molar-refractivity contribution in [3.8, 4) is 0 Å². The van der Waals surface area contributed by atoms with Crippen LogP contribution in [0, 0.1) is 0 Å². The van der Waals surface area contributed by atoms with Crippen molar-refractivity contribution in [1.82, 2.24) is 4.90 Å². The average Bonchev–Trinajstić information content (AvgIpc) is 2.79. The van der Waals surface area contributed by atoms with E-state index in [2.05, 4.69) is 9.64 Å². The van der Waals surface area contributed by atoms with E-state index in [0.29, 0.717) is 6.61 Å². The Morgan fingerprint density at radius 2 is 1.81 bits per heavy atom. The fourth-order valence-corrected chi connectivity index (χ4v) is 1.53. The lowest BCUT2D eigenvalue weighted by molar-refractivity contribution is -0.139. The molecule has 0 aliphatic carbocycles. The summed E-state index contributed by atoms with van der Waals surface area (Å²) in [7, 11) is 1.26. The topological polar surface area (TPSA) is 55.8 Å². The number of nitrogens with zero attached hydrogens (tertiary/aromatic N) is 1. The highest BCUT2D eigenvalue weighted by Gasteiger charge is 2.11. The molecule has 5 heteroatoms. The van der Waals surface area contributed by atoms with Gasteiger partial charge in [0.05, 0.1) is 7.11 Å². The minimum atomic E-state index is -0.559. The summed E-state index contributed by atoms with van der Waals surface area (Å²) in [6.45, 7) is 3.28. The lowest BCUT2D eigenvalue weighted by Gasteiger charge is -2.13. The van der Waals surface area contributed by atoms with E-state index in [9.17, 15) is 9.59 Å². The smallest absolute Gasteiger partial charge is 0.331 e. The Balaban J connectivity index is 2.10. The van der Waals surface area contributed by atoms with Gasteiger partial charge in [0.1, 0.15) is 6.61 Å². The molecule has 0 aromatic carbocycles. The SMILES string of the molecule is COC(=O)/C=C/C(=O)OCCN1CCCC1. The molecule has 1 saturated heterocycles. The third-order valence-electron chi connectivity index (χ3n) is 2.41. The molecule has 0 radical (unpaired) electrons. The van der Waals surface area contributed by atoms with E-state index in [4.69, 9.17) is 4.74 Å². The fourth-order valence-electron chi connectivity index (χ4n) is 1.53. The minimum Gasteiger partial charge on any atom is -0.466 e. The van der Waals surface area contributed by atoms with E-state index in [1.54, 1.807) is 0 Å². The van der Waals surface area contributed by atoms with E-state index in [-0.39, 0.29) is 0 Å². The molecule has 5 nitrogen and oxygen atoms in total. The molecule has 0 aromatic heterocycles. The summed E-state index contributed by atoms with van der Waals surface area (Å²) in [4.78, 5) is 24.0. The largest absolute Gasteiger partial charge is 0.466 e. The highest BCUT2D eigenvalue weighted by atomic mass is 16.5. The number of carbonyl (C=O) groups excluding carboxylic acids is 2. The maximum atomic E-state index is 11.1. The number of hydrogen-bond donors (Lipinski definition) is 0. The van der Waals surface area contributed by atoms with Crippen molar-refractivity contribution in [2.24, 2.45) is 0 Å². The number of methoxy groups -OCH3 is 1. The molecule has 0 atom stereocenters. The van der Waals surface area contributed by atoms with Crippen LogP contribution in [-0.2, 0) is 19.1 Å². The summed E-state index contributed by atoms with van der Waals surface area (Å²) in [6, 6.07) is 0. The van der Waals surface area contributed by atoms with Gasteiger partial charge in [-0.15, -0.1) is 0 Å². The summed E-state index contributed by atoms with van der Waals surface area (Å²) >= 11 is 0. The molecule has 90 valence electrons. The first-order chi connectivity index (χ1) is 7.72. The van der Waals surface area contributed by atoms with Gasteiger partial charge in [-0.05, 0) is 25.9 Å². The second kappa shape index (κ2) is 7.00. The number of ether oxygens (including phenoxy) is 2. The molecule has 1 heterocycles. The highest BCUT2D eigenvalue weighted by Crippen LogP contribution is 2.05. The van der Waals surface area contributed by atoms with Crippen molar-refractivity contribution in [1.29, 1.82) is 0 Å². The molecule has 1 fully saturated rings. The Morgan fingerprint density at radius 1 is 1.19 bits per heavy atom. The highest BCUT2D eigenvalue weighted by molar-refractivity contribution is 5.91. The van der Waals surface area contributed by atoms with Crippen molar-refractivity contribution in [2.45, 2.75) is 12.8 Å². The summed E-state index contributed by atoms with van der Waals surface area (Å²) < 4.78 is 9.27. The van der Waals surface area contributed by atoms with Crippen LogP contribution in [0.25, 0.3) is 0 Å². The van der Waals surface area contributed by atoms with Gasteiger partial charge in [-0.2, -0.15) is 0 Å². The Kier molecular flexibility index (Phi) is 5.56. The number of esters is 2. The molecule has 1 aliphatic heterocycles. The van der Waals surface area contributed by atoms with E-state index in [1.165, 1.54) is 20.0 Å². The average molecular weight is 227 g/mol. The van der Waals surface area contributed by atoms with Gasteiger partial charge in [0.2, 0.25) is 0 Å². The van der Waals surface area contributed by atoms with Crippen LogP contribution in [0.2, 0.25) is 0 Å². The molecule has 16 heavy (non-hydrogen) atoms. The molecule has 0 bridgehead atoms. The van der Waals surface area contributed by atoms with Gasteiger partial charge in [0.25, 0.3) is 0 Å². The van der Waals surface area contributed by atoms with Gasteiger partial charge in [0, 0.05) is 18.7 Å².